The molecular weight excluding hydrogens is 298 g/mol. The molecule has 4 nitrogen and oxygen atoms in total. The number of hydrogen-bond donors (Lipinski definition) is 2. The molecule has 0 fully saturated rings. The minimum atomic E-state index is -3.65. The summed E-state index contributed by atoms with van der Waals surface area (Å²) in [6.45, 7) is 3.76. The van der Waals surface area contributed by atoms with Crippen LogP contribution in [0.1, 0.15) is 30.0 Å². The normalized spacial score (nSPS) is 11.4. The van der Waals surface area contributed by atoms with Crippen molar-refractivity contribution in [2.24, 2.45) is 0 Å². The van der Waals surface area contributed by atoms with E-state index in [9.17, 15) is 13.5 Å². The lowest BCUT2D eigenvalue weighted by Gasteiger charge is -2.12. The van der Waals surface area contributed by atoms with E-state index in [1.54, 1.807) is 30.3 Å². The Morgan fingerprint density at radius 1 is 1.09 bits per heavy atom. The second-order valence-electron chi connectivity index (χ2n) is 5.32. The molecule has 118 valence electrons. The van der Waals surface area contributed by atoms with Gasteiger partial charge < -0.3 is 5.11 Å². The summed E-state index contributed by atoms with van der Waals surface area (Å²) in [5.41, 5.74) is 3.06. The highest BCUT2D eigenvalue weighted by atomic mass is 32.2. The largest absolute Gasteiger partial charge is 0.392 e. The Hall–Kier alpha value is -1.85. The van der Waals surface area contributed by atoms with Crippen LogP contribution in [0.5, 0.6) is 0 Å². The Morgan fingerprint density at radius 3 is 2.36 bits per heavy atom. The average molecular weight is 319 g/mol. The topological polar surface area (TPSA) is 66.4 Å². The molecule has 5 heteroatoms. The van der Waals surface area contributed by atoms with Crippen LogP contribution < -0.4 is 4.72 Å². The van der Waals surface area contributed by atoms with Gasteiger partial charge in [0, 0.05) is 5.56 Å². The van der Waals surface area contributed by atoms with Gasteiger partial charge >= 0.3 is 0 Å². The molecule has 0 saturated carbocycles. The quantitative estimate of drug-likeness (QED) is 0.859. The first-order valence-electron chi connectivity index (χ1n) is 7.28. The summed E-state index contributed by atoms with van der Waals surface area (Å²) >= 11 is 0. The number of anilines is 1. The van der Waals surface area contributed by atoms with Crippen LogP contribution in [-0.4, -0.2) is 13.5 Å². The maximum absolute atomic E-state index is 12.4. The van der Waals surface area contributed by atoms with Gasteiger partial charge in [0.15, 0.2) is 0 Å². The number of hydrogen-bond acceptors (Lipinski definition) is 3. The summed E-state index contributed by atoms with van der Waals surface area (Å²) in [6.07, 6.45) is 1.95. The molecule has 0 aromatic heterocycles. The van der Waals surface area contributed by atoms with Gasteiger partial charge in [0.1, 0.15) is 0 Å². The summed E-state index contributed by atoms with van der Waals surface area (Å²) in [4.78, 5) is 0.219. The molecule has 0 bridgehead atoms. The standard InChI is InChI=1S/C17H21NO3S/c1-3-4-14-6-8-16(9-7-14)22(20,21)18-17-10-5-13(2)11-15(17)12-19/h5-11,18-19H,3-4,12H2,1-2H3. The first kappa shape index (κ1) is 16.5. The van der Waals surface area contributed by atoms with Crippen LogP contribution >= 0.6 is 0 Å². The molecule has 0 aliphatic rings. The van der Waals surface area contributed by atoms with E-state index in [2.05, 4.69) is 11.6 Å². The second kappa shape index (κ2) is 6.94. The van der Waals surface area contributed by atoms with Crippen molar-refractivity contribution in [1.82, 2.24) is 0 Å². The third kappa shape index (κ3) is 3.87. The monoisotopic (exact) mass is 319 g/mol. The number of aryl methyl sites for hydroxylation is 2. The maximum atomic E-state index is 12.4. The van der Waals surface area contributed by atoms with Crippen molar-refractivity contribution in [3.8, 4) is 0 Å². The number of aliphatic hydroxyl groups excluding tert-OH is 1. The molecule has 2 aromatic rings. The predicted octanol–water partition coefficient (Wildman–Crippen LogP) is 3.24. The molecule has 0 unspecified atom stereocenters. The fraction of sp³-hybridized carbons (Fsp3) is 0.294. The van der Waals surface area contributed by atoms with Crippen LogP contribution in [0.2, 0.25) is 0 Å². The first-order valence-corrected chi connectivity index (χ1v) is 8.76. The zero-order chi connectivity index (χ0) is 16.2. The molecule has 0 aliphatic heterocycles. The third-order valence-corrected chi connectivity index (χ3v) is 4.83. The average Bonchev–Trinajstić information content (AvgIpc) is 2.50. The van der Waals surface area contributed by atoms with Gasteiger partial charge in [0.05, 0.1) is 17.2 Å². The van der Waals surface area contributed by atoms with E-state index in [0.717, 1.165) is 24.0 Å². The number of rotatable bonds is 6. The number of sulfonamides is 1. The fourth-order valence-corrected chi connectivity index (χ4v) is 3.38. The minimum absolute atomic E-state index is 0.213. The van der Waals surface area contributed by atoms with Crippen molar-refractivity contribution in [3.05, 3.63) is 59.2 Å². The molecule has 0 heterocycles. The lowest BCUT2D eigenvalue weighted by atomic mass is 10.1. The zero-order valence-electron chi connectivity index (χ0n) is 12.8. The van der Waals surface area contributed by atoms with Crippen LogP contribution in [0, 0.1) is 6.92 Å². The van der Waals surface area contributed by atoms with Gasteiger partial charge in [-0.05, 0) is 37.1 Å². The lowest BCUT2D eigenvalue weighted by molar-refractivity contribution is 0.282. The lowest BCUT2D eigenvalue weighted by Crippen LogP contribution is -2.14. The number of benzene rings is 2. The van der Waals surface area contributed by atoms with Gasteiger partial charge in [0.2, 0.25) is 0 Å². The number of nitrogens with one attached hydrogen (secondary N) is 1. The van der Waals surface area contributed by atoms with E-state index < -0.39 is 10.0 Å². The fourth-order valence-electron chi connectivity index (χ4n) is 2.28. The van der Waals surface area contributed by atoms with Gasteiger partial charge in [-0.2, -0.15) is 0 Å². The Kier molecular flexibility index (Phi) is 5.21. The highest BCUT2D eigenvalue weighted by Crippen LogP contribution is 2.22. The molecule has 2 N–H and O–H groups in total. The Labute approximate surface area is 131 Å². The second-order valence-corrected chi connectivity index (χ2v) is 7.00. The van der Waals surface area contributed by atoms with Crippen molar-refractivity contribution in [1.29, 1.82) is 0 Å². The van der Waals surface area contributed by atoms with E-state index in [0.29, 0.717) is 11.3 Å². The summed E-state index contributed by atoms with van der Waals surface area (Å²) in [5.74, 6) is 0. The zero-order valence-corrected chi connectivity index (χ0v) is 13.7. The van der Waals surface area contributed by atoms with E-state index >= 15 is 0 Å². The number of aliphatic hydroxyl groups is 1. The highest BCUT2D eigenvalue weighted by molar-refractivity contribution is 7.92. The van der Waals surface area contributed by atoms with Crippen LogP contribution in [0.25, 0.3) is 0 Å². The van der Waals surface area contributed by atoms with Gasteiger partial charge in [-0.1, -0.05) is 43.2 Å². The highest BCUT2D eigenvalue weighted by Gasteiger charge is 2.15. The van der Waals surface area contributed by atoms with Crippen molar-refractivity contribution < 1.29 is 13.5 Å². The SMILES string of the molecule is CCCc1ccc(S(=O)(=O)Nc2ccc(C)cc2CO)cc1. The molecule has 0 amide bonds. The van der Waals surface area contributed by atoms with Gasteiger partial charge in [-0.3, -0.25) is 4.72 Å². The maximum Gasteiger partial charge on any atom is 0.261 e. The molecule has 0 atom stereocenters. The smallest absolute Gasteiger partial charge is 0.261 e. The molecule has 2 rings (SSSR count). The minimum Gasteiger partial charge on any atom is -0.392 e. The molecule has 0 saturated heterocycles. The molecule has 2 aromatic carbocycles. The van der Waals surface area contributed by atoms with Crippen LogP contribution in [0.15, 0.2) is 47.4 Å². The van der Waals surface area contributed by atoms with E-state index in [4.69, 9.17) is 0 Å². The predicted molar refractivity (Wildman–Crippen MR) is 88.3 cm³/mol. The van der Waals surface area contributed by atoms with E-state index in [1.807, 2.05) is 19.1 Å². The van der Waals surface area contributed by atoms with Crippen molar-refractivity contribution >= 4 is 15.7 Å². The molecular formula is C17H21NO3S. The van der Waals surface area contributed by atoms with Gasteiger partial charge in [-0.15, -0.1) is 0 Å². The molecule has 0 spiro atoms. The van der Waals surface area contributed by atoms with E-state index in [1.165, 1.54) is 0 Å². The van der Waals surface area contributed by atoms with Crippen LogP contribution in [0.3, 0.4) is 0 Å². The summed E-state index contributed by atoms with van der Waals surface area (Å²) in [5, 5.41) is 9.37. The molecule has 22 heavy (non-hydrogen) atoms. The Balaban J connectivity index is 2.27. The Morgan fingerprint density at radius 2 is 1.77 bits per heavy atom. The summed E-state index contributed by atoms with van der Waals surface area (Å²) in [6, 6.07) is 12.1. The molecule has 0 radical (unpaired) electrons. The van der Waals surface area contributed by atoms with Crippen molar-refractivity contribution in [3.63, 3.8) is 0 Å². The Bertz CT molecular complexity index is 737. The van der Waals surface area contributed by atoms with Crippen molar-refractivity contribution in [2.45, 2.75) is 38.2 Å². The third-order valence-electron chi connectivity index (χ3n) is 3.45. The summed E-state index contributed by atoms with van der Waals surface area (Å²) in [7, 11) is -3.65. The van der Waals surface area contributed by atoms with E-state index in [-0.39, 0.29) is 11.5 Å². The van der Waals surface area contributed by atoms with Gasteiger partial charge in [-0.25, -0.2) is 8.42 Å². The molecule has 0 aliphatic carbocycles. The van der Waals surface area contributed by atoms with Crippen molar-refractivity contribution in [2.75, 3.05) is 4.72 Å². The van der Waals surface area contributed by atoms with Crippen LogP contribution in [-0.2, 0) is 23.1 Å². The van der Waals surface area contributed by atoms with Gasteiger partial charge in [0.25, 0.3) is 10.0 Å². The van der Waals surface area contributed by atoms with Crippen LogP contribution in [0.4, 0.5) is 5.69 Å². The first-order chi connectivity index (χ1) is 10.5. The summed E-state index contributed by atoms with van der Waals surface area (Å²) < 4.78 is 27.4.